The van der Waals surface area contributed by atoms with Crippen LogP contribution in [0.3, 0.4) is 0 Å². The van der Waals surface area contributed by atoms with Crippen LogP contribution in [0.15, 0.2) is 36.4 Å². The second-order valence-electron chi connectivity index (χ2n) is 6.54. The number of phenolic OH excluding ortho intramolecular Hbond substituents is 1. The molecular formula is C19H21O3+. The number of benzene rings is 2. The van der Waals surface area contributed by atoms with Crippen LogP contribution in [0, 0.1) is 12.8 Å². The fourth-order valence-corrected chi connectivity index (χ4v) is 4.03. The molecule has 3 heteroatoms. The highest BCUT2D eigenvalue weighted by molar-refractivity contribution is 5.49. The maximum atomic E-state index is 10.0. The van der Waals surface area contributed by atoms with Crippen molar-refractivity contribution in [2.45, 2.75) is 38.2 Å². The summed E-state index contributed by atoms with van der Waals surface area (Å²) in [7, 11) is 0. The molecule has 1 heterocycles. The highest BCUT2D eigenvalue weighted by Crippen LogP contribution is 2.54. The lowest BCUT2D eigenvalue weighted by Gasteiger charge is -2.36. The van der Waals surface area contributed by atoms with Crippen LogP contribution in [0.2, 0.25) is 0 Å². The lowest BCUT2D eigenvalue weighted by Crippen LogP contribution is -2.26. The molecule has 1 aliphatic carbocycles. The summed E-state index contributed by atoms with van der Waals surface area (Å²) in [5, 5.41) is 17.7. The molecule has 22 heavy (non-hydrogen) atoms. The smallest absolute Gasteiger partial charge is 0.253 e. The van der Waals surface area contributed by atoms with Crippen molar-refractivity contribution >= 4 is 0 Å². The minimum absolute atomic E-state index is 0.0598. The Morgan fingerprint density at radius 2 is 1.91 bits per heavy atom. The molecule has 0 radical (unpaired) electrons. The average Bonchev–Trinajstić information content (AvgIpc) is 2.99. The normalized spacial score (nSPS) is 26.1. The van der Waals surface area contributed by atoms with Crippen LogP contribution >= 0.6 is 0 Å². The van der Waals surface area contributed by atoms with Crippen LogP contribution in [0.5, 0.6) is 17.2 Å². The third kappa shape index (κ3) is 2.04. The van der Waals surface area contributed by atoms with E-state index in [1.807, 2.05) is 43.3 Å². The summed E-state index contributed by atoms with van der Waals surface area (Å²) in [6, 6.07) is 11.6. The van der Waals surface area contributed by atoms with E-state index in [4.69, 9.17) is 9.84 Å². The van der Waals surface area contributed by atoms with Gasteiger partial charge in [0.15, 0.2) is 0 Å². The van der Waals surface area contributed by atoms with E-state index < -0.39 is 0 Å². The first-order valence-corrected chi connectivity index (χ1v) is 7.95. The van der Waals surface area contributed by atoms with Gasteiger partial charge < -0.3 is 14.9 Å². The fraction of sp³-hybridized carbons (Fsp3) is 0.368. The molecule has 4 rings (SSSR count). The Kier molecular flexibility index (Phi) is 3.03. The summed E-state index contributed by atoms with van der Waals surface area (Å²) in [5.74, 6) is 2.74. The highest BCUT2D eigenvalue weighted by Gasteiger charge is 2.42. The maximum absolute atomic E-state index is 10.0. The zero-order chi connectivity index (χ0) is 15.3. The molecule has 1 saturated carbocycles. The molecule has 0 aromatic heterocycles. The number of fused-ring (bicyclic) bond motifs is 3. The molecule has 0 spiro atoms. The summed E-state index contributed by atoms with van der Waals surface area (Å²) >= 11 is 0. The van der Waals surface area contributed by atoms with E-state index in [1.54, 1.807) is 0 Å². The van der Waals surface area contributed by atoms with Crippen molar-refractivity contribution < 1.29 is 14.9 Å². The monoisotopic (exact) mass is 297 g/mol. The minimum atomic E-state index is 0.0598. The van der Waals surface area contributed by atoms with Crippen molar-refractivity contribution in [3.63, 3.8) is 0 Å². The van der Waals surface area contributed by atoms with Gasteiger partial charge in [0.1, 0.15) is 17.6 Å². The minimum Gasteiger partial charge on any atom is -0.593 e. The Labute approximate surface area is 130 Å². The number of rotatable bonds is 1. The molecule has 2 aromatic carbocycles. The molecule has 3 nitrogen and oxygen atoms in total. The SMILES string of the molecule is Cc1cc2c(cc1O)[C@H]1CCC[C@H]1[C@H](c1ccc([OH2+])cc1)O2. The van der Waals surface area contributed by atoms with Gasteiger partial charge in [-0.05, 0) is 61.1 Å². The van der Waals surface area contributed by atoms with E-state index in [0.717, 1.165) is 29.7 Å². The Hall–Kier alpha value is -2.16. The summed E-state index contributed by atoms with van der Waals surface area (Å²) < 4.78 is 6.34. The van der Waals surface area contributed by atoms with E-state index in [0.29, 0.717) is 23.3 Å². The first kappa shape index (κ1) is 13.5. The third-order valence-electron chi connectivity index (χ3n) is 5.18. The molecule has 1 aliphatic heterocycles. The maximum Gasteiger partial charge on any atom is 0.253 e. The van der Waals surface area contributed by atoms with Crippen molar-refractivity contribution in [3.8, 4) is 17.2 Å². The summed E-state index contributed by atoms with van der Waals surface area (Å²) in [5.41, 5.74) is 3.18. The molecule has 2 aliphatic rings. The molecule has 0 saturated heterocycles. The van der Waals surface area contributed by atoms with Crippen LogP contribution in [0.25, 0.3) is 0 Å². The molecule has 3 atom stereocenters. The fourth-order valence-electron chi connectivity index (χ4n) is 4.03. The Morgan fingerprint density at radius 3 is 2.68 bits per heavy atom. The molecule has 3 N–H and O–H groups in total. The predicted molar refractivity (Wildman–Crippen MR) is 85.8 cm³/mol. The zero-order valence-electron chi connectivity index (χ0n) is 12.7. The van der Waals surface area contributed by atoms with Gasteiger partial charge in [-0.1, -0.05) is 6.42 Å². The zero-order valence-corrected chi connectivity index (χ0v) is 12.7. The largest absolute Gasteiger partial charge is 0.593 e. The molecule has 0 amide bonds. The second kappa shape index (κ2) is 4.94. The van der Waals surface area contributed by atoms with E-state index >= 15 is 0 Å². The van der Waals surface area contributed by atoms with Crippen molar-refractivity contribution in [1.82, 2.24) is 0 Å². The Bertz CT molecular complexity index is 705. The van der Waals surface area contributed by atoms with Crippen molar-refractivity contribution in [2.75, 3.05) is 0 Å². The molecule has 114 valence electrons. The predicted octanol–water partition coefficient (Wildman–Crippen LogP) is 4.16. The van der Waals surface area contributed by atoms with Crippen LogP contribution in [0.1, 0.15) is 48.0 Å². The van der Waals surface area contributed by atoms with Gasteiger partial charge in [-0.15, -0.1) is 0 Å². The molecule has 0 bridgehead atoms. The lowest BCUT2D eigenvalue weighted by molar-refractivity contribution is 0.104. The second-order valence-corrected chi connectivity index (χ2v) is 6.54. The van der Waals surface area contributed by atoms with Crippen molar-refractivity contribution in [1.29, 1.82) is 0 Å². The van der Waals surface area contributed by atoms with Gasteiger partial charge in [0, 0.05) is 23.6 Å². The van der Waals surface area contributed by atoms with E-state index in [2.05, 4.69) is 0 Å². The van der Waals surface area contributed by atoms with Crippen LogP contribution in [0.4, 0.5) is 0 Å². The number of aryl methyl sites for hydroxylation is 1. The highest BCUT2D eigenvalue weighted by atomic mass is 16.5. The number of ether oxygens (including phenoxy) is 1. The first-order chi connectivity index (χ1) is 10.6. The third-order valence-corrected chi connectivity index (χ3v) is 5.18. The average molecular weight is 297 g/mol. The first-order valence-electron chi connectivity index (χ1n) is 7.95. The van der Waals surface area contributed by atoms with Gasteiger partial charge in [0.25, 0.3) is 5.75 Å². The van der Waals surface area contributed by atoms with Gasteiger partial charge in [-0.25, -0.2) is 0 Å². The van der Waals surface area contributed by atoms with Crippen molar-refractivity contribution in [3.05, 3.63) is 53.1 Å². The number of aromatic hydroxyl groups is 1. The molecule has 2 aromatic rings. The number of hydrogen-bond acceptors (Lipinski definition) is 2. The topological polar surface area (TPSA) is 52.4 Å². The van der Waals surface area contributed by atoms with Gasteiger partial charge in [-0.3, -0.25) is 0 Å². The van der Waals surface area contributed by atoms with E-state index in [9.17, 15) is 5.11 Å². The van der Waals surface area contributed by atoms with Crippen LogP contribution < -0.4 is 4.74 Å². The van der Waals surface area contributed by atoms with E-state index in [-0.39, 0.29) is 6.10 Å². The standard InChI is InChI=1S/C19H20O3/c1-11-9-18-16(10-17(11)21)14-3-2-4-15(14)19(22-18)12-5-7-13(20)8-6-12/h5-10,14-15,19-21H,2-4H2,1H3/p+1/t14-,15+,19-/m0/s1. The van der Waals surface area contributed by atoms with Crippen LogP contribution in [-0.4, -0.2) is 10.2 Å². The van der Waals surface area contributed by atoms with E-state index in [1.165, 1.54) is 12.0 Å². The summed E-state index contributed by atoms with van der Waals surface area (Å²) in [6.07, 6.45) is 3.59. The van der Waals surface area contributed by atoms with Crippen molar-refractivity contribution in [2.24, 2.45) is 5.92 Å². The van der Waals surface area contributed by atoms with Gasteiger partial charge in [0.2, 0.25) is 0 Å². The molecular weight excluding hydrogens is 276 g/mol. The van der Waals surface area contributed by atoms with Gasteiger partial charge in [0.05, 0.1) is 0 Å². The summed E-state index contributed by atoms with van der Waals surface area (Å²) in [4.78, 5) is 0. The molecule has 0 unspecified atom stereocenters. The van der Waals surface area contributed by atoms with Crippen LogP contribution in [-0.2, 0) is 0 Å². The lowest BCUT2D eigenvalue weighted by atomic mass is 9.79. The van der Waals surface area contributed by atoms with Gasteiger partial charge in [-0.2, -0.15) is 0 Å². The molecule has 1 fully saturated rings. The Balaban J connectivity index is 1.79. The summed E-state index contributed by atoms with van der Waals surface area (Å²) in [6.45, 7) is 1.91. The quantitative estimate of drug-likeness (QED) is 0.804. The number of hydrogen-bond donors (Lipinski definition) is 1. The number of phenols is 1. The Morgan fingerprint density at radius 1 is 1.14 bits per heavy atom. The van der Waals surface area contributed by atoms with Gasteiger partial charge >= 0.3 is 0 Å².